The molecule has 2 saturated heterocycles. The third-order valence-electron chi connectivity index (χ3n) is 4.44. The summed E-state index contributed by atoms with van der Waals surface area (Å²) in [5.74, 6) is 0. The summed E-state index contributed by atoms with van der Waals surface area (Å²) in [6.07, 6.45) is 1.85. The van der Waals surface area contributed by atoms with Crippen LogP contribution in [0, 0.1) is 6.92 Å². The van der Waals surface area contributed by atoms with E-state index >= 15 is 0 Å². The van der Waals surface area contributed by atoms with Crippen LogP contribution in [0.2, 0.25) is 0 Å². The Hall–Kier alpha value is -0.950. The molecule has 2 aliphatic rings. The van der Waals surface area contributed by atoms with Crippen LogP contribution in [0.4, 0.5) is 0 Å². The first-order valence-corrected chi connectivity index (χ1v) is 9.22. The fourth-order valence-corrected chi connectivity index (χ4v) is 4.80. The highest BCUT2D eigenvalue weighted by atomic mass is 32.2. The number of benzene rings is 1. The van der Waals surface area contributed by atoms with Gasteiger partial charge in [0.25, 0.3) is 0 Å². The molecule has 0 N–H and O–H groups in total. The normalized spacial score (nSPS) is 25.1. The molecule has 0 aliphatic carbocycles. The van der Waals surface area contributed by atoms with Crippen LogP contribution in [-0.4, -0.2) is 50.7 Å². The monoisotopic (exact) mass is 325 g/mol. The van der Waals surface area contributed by atoms with Crippen molar-refractivity contribution in [2.75, 3.05) is 26.3 Å². The van der Waals surface area contributed by atoms with Gasteiger partial charge in [0.1, 0.15) is 0 Å². The Labute approximate surface area is 132 Å². The fraction of sp³-hybridized carbons (Fsp3) is 0.625. The second-order valence-electron chi connectivity index (χ2n) is 6.19. The number of sulfonamides is 1. The van der Waals surface area contributed by atoms with Gasteiger partial charge in [-0.05, 0) is 32.4 Å². The predicted octanol–water partition coefficient (Wildman–Crippen LogP) is 1.95. The molecule has 1 aromatic rings. The van der Waals surface area contributed by atoms with Crippen molar-refractivity contribution >= 4 is 10.0 Å². The lowest BCUT2D eigenvalue weighted by atomic mass is 9.86. The molecule has 3 rings (SSSR count). The van der Waals surface area contributed by atoms with Crippen molar-refractivity contribution in [1.82, 2.24) is 4.31 Å². The van der Waals surface area contributed by atoms with Crippen molar-refractivity contribution in [3.8, 4) is 0 Å². The van der Waals surface area contributed by atoms with E-state index in [9.17, 15) is 8.42 Å². The first-order valence-electron chi connectivity index (χ1n) is 7.78. The average molecular weight is 325 g/mol. The van der Waals surface area contributed by atoms with Crippen LogP contribution >= 0.6 is 0 Å². The predicted molar refractivity (Wildman–Crippen MR) is 83.3 cm³/mol. The molecular weight excluding hydrogens is 302 g/mol. The molecule has 122 valence electrons. The van der Waals surface area contributed by atoms with E-state index in [1.165, 1.54) is 4.31 Å². The van der Waals surface area contributed by atoms with Crippen LogP contribution in [0.25, 0.3) is 0 Å². The van der Waals surface area contributed by atoms with Gasteiger partial charge in [-0.3, -0.25) is 0 Å². The maximum Gasteiger partial charge on any atom is 0.243 e. The maximum absolute atomic E-state index is 12.6. The molecule has 0 radical (unpaired) electrons. The number of ether oxygens (including phenoxy) is 2. The van der Waals surface area contributed by atoms with Gasteiger partial charge < -0.3 is 9.47 Å². The van der Waals surface area contributed by atoms with Crippen molar-refractivity contribution in [1.29, 1.82) is 0 Å². The molecule has 2 aliphatic heterocycles. The van der Waals surface area contributed by atoms with Crippen molar-refractivity contribution in [2.24, 2.45) is 0 Å². The van der Waals surface area contributed by atoms with Crippen molar-refractivity contribution < 1.29 is 17.9 Å². The summed E-state index contributed by atoms with van der Waals surface area (Å²) in [4.78, 5) is 0.352. The van der Waals surface area contributed by atoms with Gasteiger partial charge in [0, 0.05) is 32.7 Å². The SMILES string of the molecule is CCO[C@@H]1CCOC2(C1)CN(S(=O)(=O)c1ccc(C)cc1)C2. The molecule has 0 saturated carbocycles. The lowest BCUT2D eigenvalue weighted by Crippen LogP contribution is -2.67. The Morgan fingerprint density at radius 3 is 2.64 bits per heavy atom. The van der Waals surface area contributed by atoms with Crippen LogP contribution in [0.15, 0.2) is 29.2 Å². The molecule has 6 heteroatoms. The number of hydrogen-bond acceptors (Lipinski definition) is 4. The summed E-state index contributed by atoms with van der Waals surface area (Å²) in [5.41, 5.74) is 0.699. The van der Waals surface area contributed by atoms with Gasteiger partial charge in [0.05, 0.1) is 16.6 Å². The minimum atomic E-state index is -3.41. The number of nitrogens with zero attached hydrogens (tertiary/aromatic N) is 1. The van der Waals surface area contributed by atoms with E-state index in [2.05, 4.69) is 0 Å². The van der Waals surface area contributed by atoms with Gasteiger partial charge in [-0.15, -0.1) is 0 Å². The van der Waals surface area contributed by atoms with E-state index in [0.717, 1.165) is 18.4 Å². The Bertz CT molecular complexity index is 618. The summed E-state index contributed by atoms with van der Waals surface area (Å²) in [7, 11) is -3.41. The first-order chi connectivity index (χ1) is 10.5. The molecular formula is C16H23NO4S. The van der Waals surface area contributed by atoms with Crippen LogP contribution in [0.1, 0.15) is 25.3 Å². The zero-order valence-electron chi connectivity index (χ0n) is 13.1. The first kappa shape index (κ1) is 15.9. The Balaban J connectivity index is 1.68. The topological polar surface area (TPSA) is 55.8 Å². The van der Waals surface area contributed by atoms with Gasteiger partial charge in [-0.25, -0.2) is 8.42 Å². The standard InChI is InChI=1S/C16H23NO4S/c1-3-20-14-8-9-21-16(10-14)11-17(12-16)22(18,19)15-6-4-13(2)5-7-15/h4-7,14H,3,8-12H2,1-2H3/t14-/m1/s1. The quantitative estimate of drug-likeness (QED) is 0.849. The molecule has 5 nitrogen and oxygen atoms in total. The highest BCUT2D eigenvalue weighted by Crippen LogP contribution is 2.38. The summed E-state index contributed by atoms with van der Waals surface area (Å²) in [5, 5.41) is 0. The minimum Gasteiger partial charge on any atom is -0.378 e. The van der Waals surface area contributed by atoms with Gasteiger partial charge in [0.15, 0.2) is 0 Å². The number of aryl methyl sites for hydroxylation is 1. The second-order valence-corrected chi connectivity index (χ2v) is 8.13. The van der Waals surface area contributed by atoms with Crippen LogP contribution in [0.3, 0.4) is 0 Å². The van der Waals surface area contributed by atoms with E-state index in [4.69, 9.17) is 9.47 Å². The van der Waals surface area contributed by atoms with E-state index in [1.807, 2.05) is 26.0 Å². The lowest BCUT2D eigenvalue weighted by Gasteiger charge is -2.52. The van der Waals surface area contributed by atoms with E-state index in [-0.39, 0.29) is 11.7 Å². The molecule has 2 fully saturated rings. The third-order valence-corrected chi connectivity index (χ3v) is 6.24. The van der Waals surface area contributed by atoms with E-state index in [1.54, 1.807) is 12.1 Å². The maximum atomic E-state index is 12.6. The molecule has 0 amide bonds. The molecule has 1 atom stereocenters. The Morgan fingerprint density at radius 1 is 1.32 bits per heavy atom. The zero-order valence-corrected chi connectivity index (χ0v) is 13.9. The molecule has 1 spiro atoms. The highest BCUT2D eigenvalue weighted by molar-refractivity contribution is 7.89. The summed E-state index contributed by atoms with van der Waals surface area (Å²) >= 11 is 0. The minimum absolute atomic E-state index is 0.183. The summed E-state index contributed by atoms with van der Waals surface area (Å²) in [6.45, 7) is 6.10. The van der Waals surface area contributed by atoms with Gasteiger partial charge in [-0.1, -0.05) is 17.7 Å². The third kappa shape index (κ3) is 2.93. The molecule has 2 heterocycles. The Morgan fingerprint density at radius 2 is 2.00 bits per heavy atom. The van der Waals surface area contributed by atoms with Crippen molar-refractivity contribution in [3.63, 3.8) is 0 Å². The van der Waals surface area contributed by atoms with E-state index in [0.29, 0.717) is 31.2 Å². The highest BCUT2D eigenvalue weighted by Gasteiger charge is 2.52. The second kappa shape index (κ2) is 5.92. The largest absolute Gasteiger partial charge is 0.378 e. The zero-order chi connectivity index (χ0) is 15.8. The van der Waals surface area contributed by atoms with Crippen LogP contribution in [0.5, 0.6) is 0 Å². The number of rotatable bonds is 4. The van der Waals surface area contributed by atoms with Crippen molar-refractivity contribution in [3.05, 3.63) is 29.8 Å². The molecule has 0 bridgehead atoms. The van der Waals surface area contributed by atoms with Gasteiger partial charge >= 0.3 is 0 Å². The van der Waals surface area contributed by atoms with E-state index < -0.39 is 10.0 Å². The van der Waals surface area contributed by atoms with Gasteiger partial charge in [0.2, 0.25) is 10.0 Å². The molecule has 22 heavy (non-hydrogen) atoms. The smallest absolute Gasteiger partial charge is 0.243 e. The fourth-order valence-electron chi connectivity index (χ4n) is 3.21. The molecule has 0 unspecified atom stereocenters. The van der Waals surface area contributed by atoms with Gasteiger partial charge in [-0.2, -0.15) is 4.31 Å². The van der Waals surface area contributed by atoms with Crippen molar-refractivity contribution in [2.45, 2.75) is 43.3 Å². The molecule has 1 aromatic carbocycles. The molecule has 0 aromatic heterocycles. The summed E-state index contributed by atoms with van der Waals surface area (Å²) < 4.78 is 38.3. The van der Waals surface area contributed by atoms with Crippen LogP contribution in [-0.2, 0) is 19.5 Å². The average Bonchev–Trinajstić information content (AvgIpc) is 2.46. The Kier molecular flexibility index (Phi) is 4.29. The summed E-state index contributed by atoms with van der Waals surface area (Å²) in [6, 6.07) is 6.98. The lowest BCUT2D eigenvalue weighted by molar-refractivity contribution is -0.177. The van der Waals surface area contributed by atoms with Crippen LogP contribution < -0.4 is 0 Å². The number of hydrogen-bond donors (Lipinski definition) is 0.